The van der Waals surface area contributed by atoms with Crippen LogP contribution in [0.1, 0.15) is 57.1 Å². The molecule has 1 fully saturated rings. The summed E-state index contributed by atoms with van der Waals surface area (Å²) < 4.78 is 0. The van der Waals surface area contributed by atoms with E-state index in [2.05, 4.69) is 21.3 Å². The van der Waals surface area contributed by atoms with Gasteiger partial charge >= 0.3 is 12.0 Å². The Morgan fingerprint density at radius 3 is 2.31 bits per heavy atom. The van der Waals surface area contributed by atoms with Crippen LogP contribution in [0.4, 0.5) is 16.2 Å². The molecule has 0 spiro atoms. The number of para-hydroxylation sites is 1. The molecule has 14 heteroatoms. The number of hydrogen-bond acceptors (Lipinski definition) is 7. The van der Waals surface area contributed by atoms with Crippen molar-refractivity contribution in [2.75, 3.05) is 37.3 Å². The molecule has 2 aromatic carbocycles. The highest BCUT2D eigenvalue weighted by Gasteiger charge is 2.33. The van der Waals surface area contributed by atoms with Gasteiger partial charge in [-0.05, 0) is 68.0 Å². The van der Waals surface area contributed by atoms with E-state index in [0.29, 0.717) is 36.4 Å². The van der Waals surface area contributed by atoms with Gasteiger partial charge in [-0.2, -0.15) is 0 Å². The van der Waals surface area contributed by atoms with Crippen molar-refractivity contribution in [1.29, 1.82) is 0 Å². The van der Waals surface area contributed by atoms with Crippen LogP contribution in [0.15, 0.2) is 48.5 Å². The van der Waals surface area contributed by atoms with Crippen molar-refractivity contribution in [1.82, 2.24) is 20.4 Å². The van der Waals surface area contributed by atoms with E-state index in [9.17, 15) is 33.9 Å². The lowest BCUT2D eigenvalue weighted by Gasteiger charge is -2.31. The normalized spacial score (nSPS) is 16.1. The van der Waals surface area contributed by atoms with Crippen LogP contribution in [0.2, 0.25) is 0 Å². The summed E-state index contributed by atoms with van der Waals surface area (Å²) in [4.78, 5) is 79.1. The summed E-state index contributed by atoms with van der Waals surface area (Å²) in [6.07, 6.45) is 1.83. The predicted molar refractivity (Wildman–Crippen MR) is 186 cm³/mol. The van der Waals surface area contributed by atoms with Crippen LogP contribution < -0.4 is 27.0 Å². The van der Waals surface area contributed by atoms with E-state index >= 15 is 0 Å². The van der Waals surface area contributed by atoms with Crippen LogP contribution in [0.5, 0.6) is 0 Å². The molecule has 1 heterocycles. The number of amides is 6. The van der Waals surface area contributed by atoms with Crippen molar-refractivity contribution >= 4 is 47.0 Å². The van der Waals surface area contributed by atoms with Gasteiger partial charge in [0.25, 0.3) is 0 Å². The number of nitrogens with zero attached hydrogens (tertiary/aromatic N) is 2. The highest BCUT2D eigenvalue weighted by molar-refractivity contribution is 6.00. The Bertz CT molecular complexity index is 1480. The molecule has 1 saturated heterocycles. The Balaban J connectivity index is 1.64. The van der Waals surface area contributed by atoms with Gasteiger partial charge in [0.2, 0.25) is 23.6 Å². The molecule has 6 amide bonds. The van der Waals surface area contributed by atoms with E-state index in [1.54, 1.807) is 30.3 Å². The standard InChI is InChI=1S/C35H49N7O7/c1-22(2)17-29(34(48)39-28(19-32(45)46)33(47)37-26-10-7-8-16-42(20-26)21-30(36)43)41(4)31(44)18-24-12-14-25(15-13-24)38-35(49)40-27-11-6-5-9-23(27)3/h5-6,9,11-15,22,26,28-29H,7-8,10,16-21H2,1-4H3,(H2,36,43)(H,37,47)(H,39,48)(H,45,46)(H2,38,40,49)/t26?,28?,29-/m0/s1. The zero-order valence-corrected chi connectivity index (χ0v) is 28.7. The molecule has 3 rings (SSSR count). The molecule has 1 aliphatic heterocycles. The number of hydrogen-bond donors (Lipinski definition) is 6. The maximum atomic E-state index is 13.6. The van der Waals surface area contributed by atoms with E-state index in [4.69, 9.17) is 5.73 Å². The van der Waals surface area contributed by atoms with Crippen molar-refractivity contribution in [3.8, 4) is 0 Å². The number of aryl methyl sites for hydroxylation is 1. The summed E-state index contributed by atoms with van der Waals surface area (Å²) in [5.41, 5.74) is 8.15. The zero-order valence-electron chi connectivity index (χ0n) is 28.7. The molecule has 7 N–H and O–H groups in total. The van der Waals surface area contributed by atoms with Crippen molar-refractivity contribution < 1.29 is 33.9 Å². The molecule has 0 bridgehead atoms. The number of likely N-dealkylation sites (tertiary alicyclic amines) is 1. The van der Waals surface area contributed by atoms with Crippen LogP contribution in [0, 0.1) is 12.8 Å². The first-order chi connectivity index (χ1) is 23.2. The number of benzene rings is 2. The van der Waals surface area contributed by atoms with Gasteiger partial charge in [-0.3, -0.25) is 28.9 Å². The third-order valence-electron chi connectivity index (χ3n) is 8.31. The Morgan fingerprint density at radius 2 is 1.67 bits per heavy atom. The summed E-state index contributed by atoms with van der Waals surface area (Å²) in [5, 5.41) is 20.5. The molecule has 0 aromatic heterocycles. The first-order valence-electron chi connectivity index (χ1n) is 16.5. The molecule has 2 aromatic rings. The highest BCUT2D eigenvalue weighted by atomic mass is 16.4. The van der Waals surface area contributed by atoms with Crippen LogP contribution in [-0.4, -0.2) is 95.3 Å². The largest absolute Gasteiger partial charge is 0.481 e. The van der Waals surface area contributed by atoms with Gasteiger partial charge in [0, 0.05) is 31.0 Å². The number of carboxylic acid groups (broad SMARTS) is 1. The molecule has 2 unspecified atom stereocenters. The second-order valence-corrected chi connectivity index (χ2v) is 13.0. The molecule has 14 nitrogen and oxygen atoms in total. The number of nitrogens with one attached hydrogen (secondary N) is 4. The quantitative estimate of drug-likeness (QED) is 0.165. The van der Waals surface area contributed by atoms with Gasteiger partial charge in [0.1, 0.15) is 12.1 Å². The first kappa shape index (κ1) is 38.5. The Kier molecular flexibility index (Phi) is 14.5. The van der Waals surface area contributed by atoms with Crippen LogP contribution in [0.25, 0.3) is 0 Å². The lowest BCUT2D eigenvalue weighted by Crippen LogP contribution is -2.57. The minimum Gasteiger partial charge on any atom is -0.481 e. The minimum atomic E-state index is -1.38. The molecular formula is C35H49N7O7. The van der Waals surface area contributed by atoms with E-state index in [0.717, 1.165) is 18.4 Å². The average Bonchev–Trinajstić information content (AvgIpc) is 3.24. The Hall–Kier alpha value is -4.98. The van der Waals surface area contributed by atoms with Crippen LogP contribution in [0.3, 0.4) is 0 Å². The lowest BCUT2D eigenvalue weighted by atomic mass is 10.00. The maximum Gasteiger partial charge on any atom is 0.323 e. The number of aliphatic carboxylic acids is 1. The smallest absolute Gasteiger partial charge is 0.323 e. The summed E-state index contributed by atoms with van der Waals surface area (Å²) in [7, 11) is 1.51. The number of carbonyl (C=O) groups excluding carboxylic acids is 5. The van der Waals surface area contributed by atoms with Gasteiger partial charge in [-0.1, -0.05) is 50.6 Å². The highest BCUT2D eigenvalue weighted by Crippen LogP contribution is 2.17. The Morgan fingerprint density at radius 1 is 0.980 bits per heavy atom. The van der Waals surface area contributed by atoms with E-state index < -0.39 is 48.2 Å². The van der Waals surface area contributed by atoms with Gasteiger partial charge < -0.3 is 37.0 Å². The van der Waals surface area contributed by atoms with Gasteiger partial charge in [-0.15, -0.1) is 0 Å². The van der Waals surface area contributed by atoms with Gasteiger partial charge in [0.15, 0.2) is 0 Å². The monoisotopic (exact) mass is 679 g/mol. The minimum absolute atomic E-state index is 0.00356. The fourth-order valence-corrected chi connectivity index (χ4v) is 5.72. The van der Waals surface area contributed by atoms with E-state index in [1.165, 1.54) is 11.9 Å². The fraction of sp³-hybridized carbons (Fsp3) is 0.486. The molecule has 0 aliphatic carbocycles. The number of carboxylic acids is 1. The van der Waals surface area contributed by atoms with Gasteiger partial charge in [0.05, 0.1) is 19.4 Å². The predicted octanol–water partition coefficient (Wildman–Crippen LogP) is 2.47. The number of urea groups is 1. The SMILES string of the molecule is Cc1ccccc1NC(=O)Nc1ccc(CC(=O)N(C)[C@@H](CC(C)C)C(=O)NC(CC(=O)O)C(=O)NC2CCCCN(CC(N)=O)C2)cc1. The third-order valence-corrected chi connectivity index (χ3v) is 8.31. The summed E-state index contributed by atoms with van der Waals surface area (Å²) in [5.74, 6) is -3.40. The molecular weight excluding hydrogens is 630 g/mol. The molecule has 1 aliphatic rings. The summed E-state index contributed by atoms with van der Waals surface area (Å²) in [6, 6.07) is 11.1. The number of primary amides is 1. The molecule has 3 atom stereocenters. The van der Waals surface area contributed by atoms with Crippen molar-refractivity contribution in [2.45, 2.75) is 77.4 Å². The van der Waals surface area contributed by atoms with Crippen LogP contribution >= 0.6 is 0 Å². The fourth-order valence-electron chi connectivity index (χ4n) is 5.72. The summed E-state index contributed by atoms with van der Waals surface area (Å²) in [6.45, 7) is 6.74. The number of anilines is 2. The van der Waals surface area contributed by atoms with E-state index in [1.807, 2.05) is 43.9 Å². The molecule has 266 valence electrons. The van der Waals surface area contributed by atoms with Gasteiger partial charge in [-0.25, -0.2) is 4.79 Å². The maximum absolute atomic E-state index is 13.6. The first-order valence-corrected chi connectivity index (χ1v) is 16.5. The van der Waals surface area contributed by atoms with Crippen molar-refractivity contribution in [2.24, 2.45) is 11.7 Å². The molecule has 49 heavy (non-hydrogen) atoms. The topological polar surface area (TPSA) is 203 Å². The number of likely N-dealkylation sites (N-methyl/N-ethyl adjacent to an activating group) is 1. The molecule has 0 radical (unpaired) electrons. The second-order valence-electron chi connectivity index (χ2n) is 13.0. The third kappa shape index (κ3) is 12.9. The second kappa shape index (κ2) is 18.5. The average molecular weight is 680 g/mol. The van der Waals surface area contributed by atoms with Crippen molar-refractivity contribution in [3.05, 3.63) is 59.7 Å². The van der Waals surface area contributed by atoms with E-state index in [-0.39, 0.29) is 37.3 Å². The molecule has 0 saturated carbocycles. The zero-order chi connectivity index (χ0) is 36.1. The number of nitrogens with two attached hydrogens (primary N) is 1. The van der Waals surface area contributed by atoms with Crippen molar-refractivity contribution in [3.63, 3.8) is 0 Å². The number of carbonyl (C=O) groups is 6. The summed E-state index contributed by atoms with van der Waals surface area (Å²) >= 11 is 0. The lowest BCUT2D eigenvalue weighted by molar-refractivity contribution is -0.143. The Labute approximate surface area is 287 Å². The number of rotatable bonds is 15. The van der Waals surface area contributed by atoms with Crippen LogP contribution in [-0.2, 0) is 30.4 Å².